The lowest BCUT2D eigenvalue weighted by Gasteiger charge is -2.14. The quantitative estimate of drug-likeness (QED) is 0.635. The zero-order chi connectivity index (χ0) is 16.1. The van der Waals surface area contributed by atoms with Crippen LogP contribution in [0.4, 0.5) is 4.39 Å². The second-order valence-electron chi connectivity index (χ2n) is 4.49. The topological polar surface area (TPSA) is 77.6 Å². The number of halogens is 1. The Bertz CT molecular complexity index is 667. The van der Waals surface area contributed by atoms with E-state index in [9.17, 15) is 4.39 Å². The SMILES string of the molecule is COc1cccc(OC)c1COc1ccc(C(=N)N)cc1F. The number of nitrogen functional groups attached to an aromatic ring is 1. The van der Waals surface area contributed by atoms with E-state index in [0.29, 0.717) is 22.6 Å². The van der Waals surface area contributed by atoms with Crippen molar-refractivity contribution in [1.29, 1.82) is 5.41 Å². The summed E-state index contributed by atoms with van der Waals surface area (Å²) in [4.78, 5) is 0. The average molecular weight is 304 g/mol. The predicted octanol–water partition coefficient (Wildman–Crippen LogP) is 2.71. The van der Waals surface area contributed by atoms with Crippen LogP contribution in [0.2, 0.25) is 0 Å². The van der Waals surface area contributed by atoms with E-state index >= 15 is 0 Å². The molecular weight excluding hydrogens is 287 g/mol. The number of rotatable bonds is 6. The highest BCUT2D eigenvalue weighted by Gasteiger charge is 2.12. The molecule has 0 heterocycles. The third kappa shape index (κ3) is 3.28. The number of hydrogen-bond acceptors (Lipinski definition) is 4. The molecule has 0 amide bonds. The summed E-state index contributed by atoms with van der Waals surface area (Å²) in [6.07, 6.45) is 0. The molecule has 0 aliphatic heterocycles. The van der Waals surface area contributed by atoms with Gasteiger partial charge in [0.1, 0.15) is 23.9 Å². The van der Waals surface area contributed by atoms with E-state index in [-0.39, 0.29) is 18.2 Å². The van der Waals surface area contributed by atoms with Gasteiger partial charge in [-0.05, 0) is 30.3 Å². The second-order valence-corrected chi connectivity index (χ2v) is 4.49. The molecule has 0 saturated carbocycles. The van der Waals surface area contributed by atoms with Gasteiger partial charge in [-0.25, -0.2) is 4.39 Å². The smallest absolute Gasteiger partial charge is 0.165 e. The van der Waals surface area contributed by atoms with Crippen molar-refractivity contribution in [3.63, 3.8) is 0 Å². The molecular formula is C16H17FN2O3. The van der Waals surface area contributed by atoms with E-state index in [4.69, 9.17) is 25.4 Å². The van der Waals surface area contributed by atoms with Crippen molar-refractivity contribution in [2.45, 2.75) is 6.61 Å². The number of amidine groups is 1. The molecule has 2 rings (SSSR count). The summed E-state index contributed by atoms with van der Waals surface area (Å²) in [5.41, 5.74) is 6.30. The van der Waals surface area contributed by atoms with Crippen molar-refractivity contribution in [3.05, 3.63) is 53.3 Å². The first-order valence-corrected chi connectivity index (χ1v) is 6.53. The summed E-state index contributed by atoms with van der Waals surface area (Å²) in [5.74, 6) is 0.483. The summed E-state index contributed by atoms with van der Waals surface area (Å²) in [6, 6.07) is 9.47. The molecule has 0 aliphatic rings. The minimum atomic E-state index is -0.582. The van der Waals surface area contributed by atoms with E-state index in [0.717, 1.165) is 6.07 Å². The summed E-state index contributed by atoms with van der Waals surface area (Å²) >= 11 is 0. The van der Waals surface area contributed by atoms with Gasteiger partial charge in [-0.1, -0.05) is 6.07 Å². The first kappa shape index (κ1) is 15.6. The molecule has 5 nitrogen and oxygen atoms in total. The van der Waals surface area contributed by atoms with Crippen LogP contribution in [-0.2, 0) is 6.61 Å². The molecule has 22 heavy (non-hydrogen) atoms. The Morgan fingerprint density at radius 1 is 1.09 bits per heavy atom. The molecule has 0 aliphatic carbocycles. The fourth-order valence-electron chi connectivity index (χ4n) is 2.01. The molecule has 0 fully saturated rings. The number of benzene rings is 2. The average Bonchev–Trinajstić information content (AvgIpc) is 2.53. The largest absolute Gasteiger partial charge is 0.496 e. The van der Waals surface area contributed by atoms with Crippen molar-refractivity contribution >= 4 is 5.84 Å². The third-order valence-electron chi connectivity index (χ3n) is 3.14. The van der Waals surface area contributed by atoms with Crippen molar-refractivity contribution < 1.29 is 18.6 Å². The van der Waals surface area contributed by atoms with Gasteiger partial charge in [0.05, 0.1) is 19.8 Å². The molecule has 2 aromatic rings. The highest BCUT2D eigenvalue weighted by atomic mass is 19.1. The molecule has 0 atom stereocenters. The zero-order valence-corrected chi connectivity index (χ0v) is 12.4. The van der Waals surface area contributed by atoms with Crippen LogP contribution in [0.15, 0.2) is 36.4 Å². The van der Waals surface area contributed by atoms with Gasteiger partial charge in [-0.15, -0.1) is 0 Å². The van der Waals surface area contributed by atoms with Crippen LogP contribution in [-0.4, -0.2) is 20.1 Å². The highest BCUT2D eigenvalue weighted by Crippen LogP contribution is 2.30. The van der Waals surface area contributed by atoms with Gasteiger partial charge in [0.2, 0.25) is 0 Å². The Labute approximate surface area is 127 Å². The van der Waals surface area contributed by atoms with Gasteiger partial charge in [0.25, 0.3) is 0 Å². The second kappa shape index (κ2) is 6.80. The van der Waals surface area contributed by atoms with Crippen molar-refractivity contribution in [2.75, 3.05) is 14.2 Å². The fourth-order valence-corrected chi connectivity index (χ4v) is 2.01. The minimum absolute atomic E-state index is 0.0676. The van der Waals surface area contributed by atoms with E-state index in [1.807, 2.05) is 0 Å². The maximum absolute atomic E-state index is 13.9. The molecule has 116 valence electrons. The minimum Gasteiger partial charge on any atom is -0.496 e. The first-order valence-electron chi connectivity index (χ1n) is 6.53. The van der Waals surface area contributed by atoms with Crippen LogP contribution in [0.3, 0.4) is 0 Å². The number of hydrogen-bond donors (Lipinski definition) is 2. The lowest BCUT2D eigenvalue weighted by atomic mass is 10.1. The van der Waals surface area contributed by atoms with Gasteiger partial charge in [-0.2, -0.15) is 0 Å². The molecule has 0 spiro atoms. The normalized spacial score (nSPS) is 10.1. The summed E-state index contributed by atoms with van der Waals surface area (Å²) in [5, 5.41) is 7.28. The zero-order valence-electron chi connectivity index (χ0n) is 12.4. The van der Waals surface area contributed by atoms with Crippen LogP contribution < -0.4 is 19.9 Å². The lowest BCUT2D eigenvalue weighted by molar-refractivity contribution is 0.274. The third-order valence-corrected chi connectivity index (χ3v) is 3.14. The summed E-state index contributed by atoms with van der Waals surface area (Å²) in [7, 11) is 3.08. The van der Waals surface area contributed by atoms with Crippen LogP contribution in [0.1, 0.15) is 11.1 Å². The Kier molecular flexibility index (Phi) is 4.83. The van der Waals surface area contributed by atoms with E-state index in [2.05, 4.69) is 0 Å². The molecule has 0 saturated heterocycles. The van der Waals surface area contributed by atoms with Crippen LogP contribution in [0.25, 0.3) is 0 Å². The Balaban J connectivity index is 2.22. The number of methoxy groups -OCH3 is 2. The Hall–Kier alpha value is -2.76. The molecule has 0 aromatic heterocycles. The van der Waals surface area contributed by atoms with Gasteiger partial charge < -0.3 is 19.9 Å². The fraction of sp³-hybridized carbons (Fsp3) is 0.188. The molecule has 0 bridgehead atoms. The number of nitrogens with two attached hydrogens (primary N) is 1. The van der Waals surface area contributed by atoms with E-state index in [1.165, 1.54) is 12.1 Å². The highest BCUT2D eigenvalue weighted by molar-refractivity contribution is 5.95. The molecule has 2 aromatic carbocycles. The van der Waals surface area contributed by atoms with Gasteiger partial charge in [-0.3, -0.25) is 5.41 Å². The number of nitrogens with one attached hydrogen (secondary N) is 1. The molecule has 6 heteroatoms. The van der Waals surface area contributed by atoms with E-state index in [1.54, 1.807) is 32.4 Å². The summed E-state index contributed by atoms with van der Waals surface area (Å²) in [6.45, 7) is 0.0868. The first-order chi connectivity index (χ1) is 10.6. The van der Waals surface area contributed by atoms with Gasteiger partial charge in [0, 0.05) is 5.56 Å². The number of ether oxygens (including phenoxy) is 3. The van der Waals surface area contributed by atoms with E-state index < -0.39 is 5.82 Å². The predicted molar refractivity (Wildman–Crippen MR) is 81.3 cm³/mol. The summed E-state index contributed by atoms with van der Waals surface area (Å²) < 4.78 is 30.0. The monoisotopic (exact) mass is 304 g/mol. The van der Waals surface area contributed by atoms with Crippen LogP contribution in [0, 0.1) is 11.2 Å². The van der Waals surface area contributed by atoms with Crippen molar-refractivity contribution in [1.82, 2.24) is 0 Å². The molecule has 3 N–H and O–H groups in total. The van der Waals surface area contributed by atoms with Crippen molar-refractivity contribution in [3.8, 4) is 17.2 Å². The molecule has 0 unspecified atom stereocenters. The van der Waals surface area contributed by atoms with Crippen LogP contribution >= 0.6 is 0 Å². The Morgan fingerprint density at radius 3 is 2.23 bits per heavy atom. The lowest BCUT2D eigenvalue weighted by Crippen LogP contribution is -2.11. The maximum Gasteiger partial charge on any atom is 0.165 e. The molecule has 0 radical (unpaired) electrons. The Morgan fingerprint density at radius 2 is 1.73 bits per heavy atom. The van der Waals surface area contributed by atoms with Crippen molar-refractivity contribution in [2.24, 2.45) is 5.73 Å². The maximum atomic E-state index is 13.9. The standard InChI is InChI=1S/C16H17FN2O3/c1-20-13-4-3-5-14(21-2)11(13)9-22-15-7-6-10(16(18)19)8-12(15)17/h3-8H,9H2,1-2H3,(H3,18,19). The van der Waals surface area contributed by atoms with Gasteiger partial charge in [0.15, 0.2) is 11.6 Å². The van der Waals surface area contributed by atoms with Gasteiger partial charge >= 0.3 is 0 Å². The van der Waals surface area contributed by atoms with Crippen LogP contribution in [0.5, 0.6) is 17.2 Å².